The van der Waals surface area contributed by atoms with Crippen LogP contribution in [0.1, 0.15) is 18.4 Å². The number of rotatable bonds is 3. The number of pyridine rings is 1. The molecule has 9 heteroatoms. The van der Waals surface area contributed by atoms with E-state index in [0.29, 0.717) is 24.5 Å². The van der Waals surface area contributed by atoms with Crippen LogP contribution in [-0.4, -0.2) is 36.4 Å². The van der Waals surface area contributed by atoms with Crippen molar-refractivity contribution in [2.75, 3.05) is 5.73 Å². The number of nitrogens with zero attached hydrogens (tertiary/aromatic N) is 5. The minimum atomic E-state index is -0.0601. The van der Waals surface area contributed by atoms with Crippen molar-refractivity contribution >= 4 is 28.5 Å². The summed E-state index contributed by atoms with van der Waals surface area (Å²) in [5, 5.41) is 8.37. The van der Waals surface area contributed by atoms with Gasteiger partial charge >= 0.3 is 0 Å². The van der Waals surface area contributed by atoms with Gasteiger partial charge in [-0.05, 0) is 23.8 Å². The molecule has 0 fully saturated rings. The van der Waals surface area contributed by atoms with E-state index < -0.39 is 0 Å². The van der Waals surface area contributed by atoms with Crippen LogP contribution in [0, 0.1) is 0 Å². The number of aryl methyl sites for hydroxylation is 1. The summed E-state index contributed by atoms with van der Waals surface area (Å²) >= 11 is 0. The Balaban J connectivity index is 1.55. The van der Waals surface area contributed by atoms with Crippen LogP contribution in [0.15, 0.2) is 48.0 Å². The summed E-state index contributed by atoms with van der Waals surface area (Å²) in [4.78, 5) is 23.7. The first-order chi connectivity index (χ1) is 14.1. The lowest BCUT2D eigenvalue weighted by Crippen LogP contribution is -2.25. The number of fused-ring (bicyclic) bond motifs is 1. The molecule has 0 saturated heterocycles. The molecule has 0 aliphatic carbocycles. The third-order valence-electron chi connectivity index (χ3n) is 4.93. The van der Waals surface area contributed by atoms with Gasteiger partial charge in [-0.25, -0.2) is 15.4 Å². The van der Waals surface area contributed by atoms with Crippen molar-refractivity contribution in [3.8, 4) is 22.5 Å². The molecule has 0 radical (unpaired) electrons. The van der Waals surface area contributed by atoms with E-state index in [4.69, 9.17) is 5.73 Å². The normalized spacial score (nSPS) is 14.1. The van der Waals surface area contributed by atoms with Crippen molar-refractivity contribution in [2.45, 2.75) is 12.8 Å². The van der Waals surface area contributed by atoms with Gasteiger partial charge in [0.15, 0.2) is 0 Å². The van der Waals surface area contributed by atoms with Gasteiger partial charge in [-0.3, -0.25) is 9.48 Å². The van der Waals surface area contributed by atoms with Gasteiger partial charge < -0.3 is 10.7 Å². The van der Waals surface area contributed by atoms with Crippen LogP contribution in [0.25, 0.3) is 33.5 Å². The summed E-state index contributed by atoms with van der Waals surface area (Å²) < 4.78 is 1.74. The smallest absolute Gasteiger partial charge is 0.240 e. The van der Waals surface area contributed by atoms with E-state index in [-0.39, 0.29) is 5.91 Å². The molecule has 4 heterocycles. The lowest BCUT2D eigenvalue weighted by molar-refractivity contribution is -0.121. The molecule has 9 nitrogen and oxygen atoms in total. The maximum absolute atomic E-state index is 11.3. The third-order valence-corrected chi connectivity index (χ3v) is 4.93. The number of imidazole rings is 1. The molecule has 144 valence electrons. The standard InChI is InChI=1S/C20H18N8O/c1-28-10-13(9-23-28)12-6-14(19(21)22-8-12)20-24-16-3-2-11(7-17(16)25-20)15-4-5-18(29)27-26-15/h2-3,6-10H,4-5H2,1H3,(H2,21,22)(H,24,25)(H,27,29). The Kier molecular flexibility index (Phi) is 3.87. The van der Waals surface area contributed by atoms with E-state index in [2.05, 4.69) is 30.6 Å². The molecule has 3 aromatic heterocycles. The summed E-state index contributed by atoms with van der Waals surface area (Å²) in [6, 6.07) is 7.82. The molecule has 0 atom stereocenters. The van der Waals surface area contributed by atoms with Crippen molar-refractivity contribution < 1.29 is 4.79 Å². The first-order valence-corrected chi connectivity index (χ1v) is 9.17. The van der Waals surface area contributed by atoms with E-state index in [1.54, 1.807) is 17.1 Å². The van der Waals surface area contributed by atoms with Gasteiger partial charge in [0.1, 0.15) is 11.6 Å². The molecule has 0 unspecified atom stereocenters. The molecule has 1 aromatic carbocycles. The van der Waals surface area contributed by atoms with Crippen LogP contribution in [0.2, 0.25) is 0 Å². The topological polar surface area (TPSA) is 127 Å². The highest BCUT2D eigenvalue weighted by Crippen LogP contribution is 2.29. The fourth-order valence-electron chi connectivity index (χ4n) is 3.39. The minimum Gasteiger partial charge on any atom is -0.383 e. The van der Waals surface area contributed by atoms with Crippen molar-refractivity contribution in [1.29, 1.82) is 0 Å². The Morgan fingerprint density at radius 3 is 2.76 bits per heavy atom. The number of nitrogens with one attached hydrogen (secondary N) is 2. The SMILES string of the molecule is Cn1cc(-c2cnc(N)c(-c3nc4ccc(C5=NNC(=O)CC5)cc4[nH]3)c2)cn1. The van der Waals surface area contributed by atoms with Gasteiger partial charge in [0.25, 0.3) is 0 Å². The second-order valence-electron chi connectivity index (χ2n) is 6.97. The average molecular weight is 386 g/mol. The maximum atomic E-state index is 11.3. The van der Waals surface area contributed by atoms with Gasteiger partial charge in [-0.2, -0.15) is 10.2 Å². The van der Waals surface area contributed by atoms with Crippen molar-refractivity contribution in [3.63, 3.8) is 0 Å². The molecular formula is C20H18N8O. The van der Waals surface area contributed by atoms with Gasteiger partial charge in [0.2, 0.25) is 5.91 Å². The molecule has 0 spiro atoms. The van der Waals surface area contributed by atoms with Gasteiger partial charge in [0.05, 0.1) is 28.5 Å². The molecule has 0 bridgehead atoms. The number of hydrogen-bond donors (Lipinski definition) is 3. The third kappa shape index (κ3) is 3.12. The van der Waals surface area contributed by atoms with E-state index in [9.17, 15) is 4.79 Å². The van der Waals surface area contributed by atoms with Crippen LogP contribution < -0.4 is 11.2 Å². The zero-order valence-corrected chi connectivity index (χ0v) is 15.7. The van der Waals surface area contributed by atoms with Crippen molar-refractivity contribution in [1.82, 2.24) is 30.2 Å². The number of anilines is 1. The summed E-state index contributed by atoms with van der Waals surface area (Å²) in [6.07, 6.45) is 6.49. The number of nitrogens with two attached hydrogens (primary N) is 1. The van der Waals surface area contributed by atoms with E-state index in [1.165, 1.54) is 0 Å². The highest BCUT2D eigenvalue weighted by molar-refractivity contribution is 6.05. The Bertz CT molecular complexity index is 1280. The molecule has 4 N–H and O–H groups in total. The zero-order chi connectivity index (χ0) is 20.0. The molecule has 4 aromatic rings. The number of H-pyrrole nitrogens is 1. The highest BCUT2D eigenvalue weighted by atomic mass is 16.2. The Morgan fingerprint density at radius 1 is 1.10 bits per heavy atom. The summed E-state index contributed by atoms with van der Waals surface area (Å²) in [7, 11) is 1.87. The molecular weight excluding hydrogens is 368 g/mol. The number of carbonyl (C=O) groups is 1. The van der Waals surface area contributed by atoms with Crippen LogP contribution in [0.5, 0.6) is 0 Å². The van der Waals surface area contributed by atoms with E-state index in [0.717, 1.165) is 39.0 Å². The van der Waals surface area contributed by atoms with E-state index >= 15 is 0 Å². The number of aromatic amines is 1. The lowest BCUT2D eigenvalue weighted by atomic mass is 10.0. The van der Waals surface area contributed by atoms with Gasteiger partial charge in [-0.15, -0.1) is 0 Å². The molecule has 5 rings (SSSR count). The summed E-state index contributed by atoms with van der Waals surface area (Å²) in [5.41, 5.74) is 14.7. The number of benzene rings is 1. The van der Waals surface area contributed by atoms with Crippen LogP contribution in [-0.2, 0) is 11.8 Å². The quantitative estimate of drug-likeness (QED) is 0.497. The second kappa shape index (κ2) is 6.55. The summed E-state index contributed by atoms with van der Waals surface area (Å²) in [6.45, 7) is 0. The van der Waals surface area contributed by atoms with E-state index in [1.807, 2.05) is 37.5 Å². The monoisotopic (exact) mass is 386 g/mol. The minimum absolute atomic E-state index is 0.0601. The maximum Gasteiger partial charge on any atom is 0.240 e. The number of carbonyl (C=O) groups excluding carboxylic acids is 1. The average Bonchev–Trinajstić information content (AvgIpc) is 3.34. The lowest BCUT2D eigenvalue weighted by Gasteiger charge is -2.11. The zero-order valence-electron chi connectivity index (χ0n) is 15.7. The predicted molar refractivity (Wildman–Crippen MR) is 110 cm³/mol. The van der Waals surface area contributed by atoms with Crippen LogP contribution in [0.4, 0.5) is 5.82 Å². The highest BCUT2D eigenvalue weighted by Gasteiger charge is 2.16. The van der Waals surface area contributed by atoms with Crippen molar-refractivity contribution in [2.24, 2.45) is 12.1 Å². The fourth-order valence-corrected chi connectivity index (χ4v) is 3.39. The van der Waals surface area contributed by atoms with Gasteiger partial charge in [0, 0.05) is 43.4 Å². The number of hydrogen-bond acceptors (Lipinski definition) is 6. The molecule has 29 heavy (non-hydrogen) atoms. The van der Waals surface area contributed by atoms with Gasteiger partial charge in [-0.1, -0.05) is 6.07 Å². The van der Waals surface area contributed by atoms with Crippen LogP contribution >= 0.6 is 0 Å². The number of hydrazone groups is 1. The predicted octanol–water partition coefficient (Wildman–Crippen LogP) is 2.22. The largest absolute Gasteiger partial charge is 0.383 e. The fraction of sp³-hybridized carbons (Fsp3) is 0.150. The second-order valence-corrected chi connectivity index (χ2v) is 6.97. The molecule has 1 amide bonds. The number of aromatic nitrogens is 5. The number of nitrogen functional groups attached to an aromatic ring is 1. The first kappa shape index (κ1) is 17.1. The molecule has 0 saturated carbocycles. The summed E-state index contributed by atoms with van der Waals surface area (Å²) in [5.74, 6) is 0.984. The number of amides is 1. The Morgan fingerprint density at radius 2 is 2.00 bits per heavy atom. The molecule has 1 aliphatic heterocycles. The first-order valence-electron chi connectivity index (χ1n) is 9.17. The van der Waals surface area contributed by atoms with Crippen LogP contribution in [0.3, 0.4) is 0 Å². The molecule has 1 aliphatic rings. The Labute approximate surface area is 165 Å². The van der Waals surface area contributed by atoms with Crippen molar-refractivity contribution in [3.05, 3.63) is 48.4 Å². The Hall–Kier alpha value is -4.01.